The molecule has 0 fully saturated rings. The average Bonchev–Trinajstić information content (AvgIpc) is 2.15. The third kappa shape index (κ3) is 1.85. The highest BCUT2D eigenvalue weighted by Crippen LogP contribution is 1.98. The second kappa shape index (κ2) is 2.64. The third-order valence-corrected chi connectivity index (χ3v) is 0.996. The Bertz CT molecular complexity index is 158. The van der Waals surface area contributed by atoms with E-state index in [4.69, 9.17) is 5.11 Å². The van der Waals surface area contributed by atoms with Gasteiger partial charge in [-0.2, -0.15) is 0 Å². The Balaban J connectivity index is 2.48. The number of aromatic nitrogens is 1. The molecule has 0 aliphatic carbocycles. The number of rotatable bonds is 2. The molecule has 0 radical (unpaired) electrons. The van der Waals surface area contributed by atoms with E-state index in [0.29, 0.717) is 6.42 Å². The average molecular weight is 127 g/mol. The molecule has 0 spiro atoms. The lowest BCUT2D eigenvalue weighted by atomic mass is 10.2. The Morgan fingerprint density at radius 1 is 1.89 bits per heavy atom. The Morgan fingerprint density at radius 3 is 3.11 bits per heavy atom. The van der Waals surface area contributed by atoms with E-state index >= 15 is 0 Å². The minimum absolute atomic E-state index is 0.338. The van der Waals surface area contributed by atoms with Gasteiger partial charge >= 0.3 is 0 Å². The lowest BCUT2D eigenvalue weighted by Crippen LogP contribution is -2.03. The van der Waals surface area contributed by atoms with Crippen molar-refractivity contribution in [3.05, 3.63) is 18.0 Å². The molecular weight excluding hydrogens is 118 g/mol. The van der Waals surface area contributed by atoms with Crippen LogP contribution in [0.25, 0.3) is 0 Å². The maximum atomic E-state index is 8.84. The fourth-order valence-corrected chi connectivity index (χ4v) is 0.646. The van der Waals surface area contributed by atoms with E-state index in [1.807, 2.05) is 0 Å². The van der Waals surface area contributed by atoms with Gasteiger partial charge < -0.3 is 9.63 Å². The van der Waals surface area contributed by atoms with Crippen molar-refractivity contribution < 1.29 is 9.63 Å². The van der Waals surface area contributed by atoms with Crippen molar-refractivity contribution >= 4 is 0 Å². The van der Waals surface area contributed by atoms with Crippen LogP contribution in [0.4, 0.5) is 0 Å². The molecule has 3 heteroatoms. The van der Waals surface area contributed by atoms with Gasteiger partial charge in [-0.25, -0.2) is 0 Å². The normalized spacial score (nSPS) is 13.6. The van der Waals surface area contributed by atoms with Gasteiger partial charge in [0.25, 0.3) is 0 Å². The highest BCUT2D eigenvalue weighted by molar-refractivity contribution is 4.96. The van der Waals surface area contributed by atoms with Crippen LogP contribution in [-0.2, 0) is 6.42 Å². The van der Waals surface area contributed by atoms with Crippen LogP contribution in [0.1, 0.15) is 12.6 Å². The molecule has 1 aromatic heterocycles. The number of hydrogen-bond acceptors (Lipinski definition) is 3. The third-order valence-electron chi connectivity index (χ3n) is 0.996. The maximum Gasteiger partial charge on any atom is 0.124 e. The van der Waals surface area contributed by atoms with Gasteiger partial charge in [-0.15, -0.1) is 0 Å². The molecule has 0 aliphatic rings. The van der Waals surface area contributed by atoms with Crippen molar-refractivity contribution in [2.75, 3.05) is 0 Å². The summed E-state index contributed by atoms with van der Waals surface area (Å²) >= 11 is 0. The van der Waals surface area contributed by atoms with Gasteiger partial charge in [-0.05, 0) is 6.92 Å². The molecule has 1 N–H and O–H groups in total. The van der Waals surface area contributed by atoms with E-state index < -0.39 is 0 Å². The van der Waals surface area contributed by atoms with E-state index in [-0.39, 0.29) is 6.10 Å². The van der Waals surface area contributed by atoms with Gasteiger partial charge in [0.1, 0.15) is 6.26 Å². The van der Waals surface area contributed by atoms with Crippen LogP contribution in [0.5, 0.6) is 0 Å². The van der Waals surface area contributed by atoms with Crippen LogP contribution in [0.15, 0.2) is 16.9 Å². The van der Waals surface area contributed by atoms with Crippen molar-refractivity contribution in [1.29, 1.82) is 0 Å². The first kappa shape index (κ1) is 6.29. The first-order chi connectivity index (χ1) is 4.29. The predicted molar refractivity (Wildman–Crippen MR) is 31.9 cm³/mol. The molecule has 9 heavy (non-hydrogen) atoms. The van der Waals surface area contributed by atoms with Crippen molar-refractivity contribution in [3.8, 4) is 0 Å². The van der Waals surface area contributed by atoms with Crippen LogP contribution in [-0.4, -0.2) is 16.4 Å². The minimum Gasteiger partial charge on any atom is -0.393 e. The molecule has 0 aromatic carbocycles. The van der Waals surface area contributed by atoms with Crippen LogP contribution in [0.3, 0.4) is 0 Å². The largest absolute Gasteiger partial charge is 0.393 e. The number of aliphatic hydroxyl groups excluding tert-OH is 1. The first-order valence-corrected chi connectivity index (χ1v) is 2.86. The van der Waals surface area contributed by atoms with E-state index in [0.717, 1.165) is 5.69 Å². The molecule has 3 nitrogen and oxygen atoms in total. The molecule has 1 atom stereocenters. The molecule has 1 aromatic rings. The van der Waals surface area contributed by atoms with Gasteiger partial charge in [0, 0.05) is 12.5 Å². The van der Waals surface area contributed by atoms with Gasteiger partial charge in [0.05, 0.1) is 11.8 Å². The molecule has 0 aliphatic heterocycles. The van der Waals surface area contributed by atoms with Crippen molar-refractivity contribution in [2.45, 2.75) is 19.4 Å². The van der Waals surface area contributed by atoms with Crippen LogP contribution in [0.2, 0.25) is 0 Å². The van der Waals surface area contributed by atoms with E-state index in [9.17, 15) is 0 Å². The zero-order valence-corrected chi connectivity index (χ0v) is 5.24. The maximum absolute atomic E-state index is 8.84. The van der Waals surface area contributed by atoms with Gasteiger partial charge in [0.15, 0.2) is 0 Å². The summed E-state index contributed by atoms with van der Waals surface area (Å²) in [5.74, 6) is 0. The van der Waals surface area contributed by atoms with Crippen LogP contribution < -0.4 is 0 Å². The van der Waals surface area contributed by atoms with Crippen LogP contribution >= 0.6 is 0 Å². The summed E-state index contributed by atoms with van der Waals surface area (Å²) < 4.78 is 4.55. The number of aliphatic hydroxyl groups is 1. The molecule has 0 saturated carbocycles. The van der Waals surface area contributed by atoms with E-state index in [2.05, 4.69) is 9.68 Å². The molecule has 0 unspecified atom stereocenters. The first-order valence-electron chi connectivity index (χ1n) is 2.86. The molecule has 0 saturated heterocycles. The minimum atomic E-state index is -0.338. The Labute approximate surface area is 53.3 Å². The van der Waals surface area contributed by atoms with Crippen LogP contribution in [0, 0.1) is 0 Å². The quantitative estimate of drug-likeness (QED) is 0.632. The summed E-state index contributed by atoms with van der Waals surface area (Å²) in [7, 11) is 0. The summed E-state index contributed by atoms with van der Waals surface area (Å²) in [6.45, 7) is 1.72. The summed E-state index contributed by atoms with van der Waals surface area (Å²) in [4.78, 5) is 0. The molecule has 0 bridgehead atoms. The summed E-state index contributed by atoms with van der Waals surface area (Å²) in [6, 6.07) is 1.74. The lowest BCUT2D eigenvalue weighted by molar-refractivity contribution is 0.192. The fourth-order valence-electron chi connectivity index (χ4n) is 0.646. The second-order valence-corrected chi connectivity index (χ2v) is 2.04. The SMILES string of the molecule is C[C@@H](O)Cc1ccon1. The molecular formula is C6H9NO2. The molecule has 0 amide bonds. The summed E-state index contributed by atoms with van der Waals surface area (Å²) in [5, 5.41) is 12.5. The monoisotopic (exact) mass is 127 g/mol. The summed E-state index contributed by atoms with van der Waals surface area (Å²) in [5.41, 5.74) is 0.796. The Morgan fingerprint density at radius 2 is 2.67 bits per heavy atom. The van der Waals surface area contributed by atoms with E-state index in [1.54, 1.807) is 13.0 Å². The molecule has 50 valence electrons. The van der Waals surface area contributed by atoms with Crippen molar-refractivity contribution in [1.82, 2.24) is 5.16 Å². The molecule has 1 heterocycles. The Hall–Kier alpha value is -0.830. The number of nitrogens with zero attached hydrogens (tertiary/aromatic N) is 1. The zero-order valence-electron chi connectivity index (χ0n) is 5.24. The standard InChI is InChI=1S/C6H9NO2/c1-5(8)4-6-2-3-9-7-6/h2-3,5,8H,4H2,1H3/t5-/m1/s1. The van der Waals surface area contributed by atoms with Gasteiger partial charge in [-0.1, -0.05) is 5.16 Å². The number of hydrogen-bond donors (Lipinski definition) is 1. The van der Waals surface area contributed by atoms with Gasteiger partial charge in [-0.3, -0.25) is 0 Å². The predicted octanol–water partition coefficient (Wildman–Crippen LogP) is 0.598. The van der Waals surface area contributed by atoms with E-state index in [1.165, 1.54) is 6.26 Å². The molecule has 1 rings (SSSR count). The summed E-state index contributed by atoms with van der Waals surface area (Å²) in [6.07, 6.45) is 1.73. The smallest absolute Gasteiger partial charge is 0.124 e. The zero-order chi connectivity index (χ0) is 6.69. The van der Waals surface area contributed by atoms with Crippen molar-refractivity contribution in [3.63, 3.8) is 0 Å². The van der Waals surface area contributed by atoms with Crippen molar-refractivity contribution in [2.24, 2.45) is 0 Å². The topological polar surface area (TPSA) is 46.3 Å². The Kier molecular flexibility index (Phi) is 1.85. The fraction of sp³-hybridized carbons (Fsp3) is 0.500. The second-order valence-electron chi connectivity index (χ2n) is 2.04. The highest BCUT2D eigenvalue weighted by Gasteiger charge is 1.99. The van der Waals surface area contributed by atoms with Gasteiger partial charge in [0.2, 0.25) is 0 Å². The highest BCUT2D eigenvalue weighted by atomic mass is 16.5. The lowest BCUT2D eigenvalue weighted by Gasteiger charge is -1.96.